The molecular weight excluding hydrogens is 510 g/mol. The van der Waals surface area contributed by atoms with Crippen LogP contribution < -0.4 is 10.2 Å². The fraction of sp³-hybridized carbons (Fsp3) is 0.370. The lowest BCUT2D eigenvalue weighted by molar-refractivity contribution is -0.122. The summed E-state index contributed by atoms with van der Waals surface area (Å²) in [6.45, 7) is 2.56. The van der Waals surface area contributed by atoms with Gasteiger partial charge in [-0.3, -0.25) is 4.79 Å². The number of hydrogen-bond donors (Lipinski definition) is 1. The molecule has 2 aliphatic rings. The maximum absolute atomic E-state index is 13.6. The minimum atomic E-state index is -3.82. The second-order valence-electron chi connectivity index (χ2n) is 9.79. The van der Waals surface area contributed by atoms with Crippen LogP contribution in [0.15, 0.2) is 65.6 Å². The van der Waals surface area contributed by atoms with Gasteiger partial charge in [0.1, 0.15) is 17.4 Å². The summed E-state index contributed by atoms with van der Waals surface area (Å²) in [6, 6.07) is 19.7. The molecule has 2 fully saturated rings. The monoisotopic (exact) mass is 537 g/mol. The molecule has 0 spiro atoms. The molecule has 192 valence electrons. The molecule has 3 aromatic rings. The summed E-state index contributed by atoms with van der Waals surface area (Å²) in [5, 5.41) is 16.3. The van der Waals surface area contributed by atoms with E-state index in [4.69, 9.17) is 11.6 Å². The summed E-state index contributed by atoms with van der Waals surface area (Å²) in [7, 11) is -3.82. The number of amides is 1. The van der Waals surface area contributed by atoms with Gasteiger partial charge in [0.15, 0.2) is 9.84 Å². The van der Waals surface area contributed by atoms with Crippen LogP contribution in [0.5, 0.6) is 0 Å². The molecule has 5 rings (SSSR count). The molecule has 1 aliphatic carbocycles. The average Bonchev–Trinajstić information content (AvgIpc) is 3.34. The number of nitrogens with zero attached hydrogens (tertiary/aromatic N) is 4. The topological polar surface area (TPSA) is 108 Å². The van der Waals surface area contributed by atoms with Crippen molar-refractivity contribution in [3.63, 3.8) is 0 Å². The predicted molar refractivity (Wildman–Crippen MR) is 141 cm³/mol. The second kappa shape index (κ2) is 9.84. The van der Waals surface area contributed by atoms with E-state index in [1.165, 1.54) is 6.07 Å². The van der Waals surface area contributed by atoms with Crippen LogP contribution >= 0.6 is 11.6 Å². The van der Waals surface area contributed by atoms with Gasteiger partial charge in [0, 0.05) is 19.2 Å². The number of sulfone groups is 1. The van der Waals surface area contributed by atoms with E-state index < -0.39 is 26.7 Å². The van der Waals surface area contributed by atoms with Crippen LogP contribution in [0.25, 0.3) is 0 Å². The number of halogens is 1. The molecule has 0 bridgehead atoms. The van der Waals surface area contributed by atoms with Crippen LogP contribution in [0.4, 0.5) is 5.82 Å². The first kappa shape index (κ1) is 25.3. The molecular formula is C27H28ClN5O3S. The molecule has 1 aliphatic heterocycles. The normalized spacial score (nSPS) is 20.4. The van der Waals surface area contributed by atoms with E-state index in [1.807, 2.05) is 52.9 Å². The second-order valence-corrected chi connectivity index (χ2v) is 12.4. The van der Waals surface area contributed by atoms with Gasteiger partial charge in [-0.15, -0.1) is 0 Å². The number of hydrogen-bond acceptors (Lipinski definition) is 6. The Balaban J connectivity index is 1.47. The Morgan fingerprint density at radius 2 is 1.89 bits per heavy atom. The molecule has 10 heteroatoms. The standard InChI is InChI=1S/C27H28ClN5O3S/c1-19-15-25(33(31-19)14-11-20-7-3-2-4-8-20)32-17-21(37(35,36)24-10-6-5-9-22(24)28)16-23(32)26(34)30-27(18-29)12-13-27/h2-10,15,21,23H,11-14,16-17H2,1H3,(H,30,34)/t21-,23+/m1/s1. The Morgan fingerprint density at radius 1 is 1.19 bits per heavy atom. The van der Waals surface area contributed by atoms with Gasteiger partial charge < -0.3 is 10.2 Å². The summed E-state index contributed by atoms with van der Waals surface area (Å²) >= 11 is 6.26. The van der Waals surface area contributed by atoms with Crippen molar-refractivity contribution >= 4 is 33.2 Å². The maximum atomic E-state index is 13.6. The van der Waals surface area contributed by atoms with Crippen molar-refractivity contribution in [2.45, 2.75) is 60.9 Å². The highest BCUT2D eigenvalue weighted by atomic mass is 35.5. The highest BCUT2D eigenvalue weighted by Gasteiger charge is 2.50. The Labute approximate surface area is 221 Å². The summed E-state index contributed by atoms with van der Waals surface area (Å²) < 4.78 is 29.1. The molecule has 1 aromatic heterocycles. The van der Waals surface area contributed by atoms with E-state index in [9.17, 15) is 18.5 Å². The van der Waals surface area contributed by atoms with Crippen LogP contribution in [0.2, 0.25) is 5.02 Å². The predicted octanol–water partition coefficient (Wildman–Crippen LogP) is 3.68. The first-order valence-corrected chi connectivity index (χ1v) is 14.2. The van der Waals surface area contributed by atoms with Gasteiger partial charge in [-0.1, -0.05) is 54.1 Å². The smallest absolute Gasteiger partial charge is 0.244 e. The Hall–Kier alpha value is -3.35. The zero-order chi connectivity index (χ0) is 26.2. The quantitative estimate of drug-likeness (QED) is 0.469. The SMILES string of the molecule is Cc1cc(N2C[C@H](S(=O)(=O)c3ccccc3Cl)C[C@H]2C(=O)NC2(C#N)CC2)n(CCc2ccccc2)n1. The number of anilines is 1. The van der Waals surface area contributed by atoms with Crippen molar-refractivity contribution in [2.24, 2.45) is 0 Å². The largest absolute Gasteiger partial charge is 0.343 e. The van der Waals surface area contributed by atoms with Crippen LogP contribution in [0, 0.1) is 18.3 Å². The highest BCUT2D eigenvalue weighted by Crippen LogP contribution is 2.37. The van der Waals surface area contributed by atoms with Crippen LogP contribution in [0.1, 0.15) is 30.5 Å². The molecule has 2 atom stereocenters. The number of aryl methyl sites for hydroxylation is 3. The lowest BCUT2D eigenvalue weighted by atomic mass is 10.1. The van der Waals surface area contributed by atoms with E-state index in [-0.39, 0.29) is 28.8 Å². The fourth-order valence-electron chi connectivity index (χ4n) is 4.90. The van der Waals surface area contributed by atoms with Gasteiger partial charge in [-0.05, 0) is 50.3 Å². The lowest BCUT2D eigenvalue weighted by Crippen LogP contribution is -2.48. The molecule has 2 aromatic carbocycles. The zero-order valence-electron chi connectivity index (χ0n) is 20.5. The third kappa shape index (κ3) is 5.09. The van der Waals surface area contributed by atoms with Crippen molar-refractivity contribution in [1.82, 2.24) is 15.1 Å². The summed E-state index contributed by atoms with van der Waals surface area (Å²) in [5.41, 5.74) is 1.07. The third-order valence-corrected chi connectivity index (χ3v) is 9.73. The lowest BCUT2D eigenvalue weighted by Gasteiger charge is -2.27. The molecule has 1 saturated carbocycles. The molecule has 8 nitrogen and oxygen atoms in total. The number of aromatic nitrogens is 2. The molecule has 2 heterocycles. The number of nitrogens with one attached hydrogen (secondary N) is 1. The van der Waals surface area contributed by atoms with Crippen molar-refractivity contribution < 1.29 is 13.2 Å². The molecule has 0 radical (unpaired) electrons. The van der Waals surface area contributed by atoms with Crippen LogP contribution in [-0.2, 0) is 27.6 Å². The first-order valence-electron chi connectivity index (χ1n) is 12.3. The Bertz CT molecular complexity index is 1460. The number of carbonyl (C=O) groups excluding carboxylic acids is 1. The maximum Gasteiger partial charge on any atom is 0.244 e. The van der Waals surface area contributed by atoms with E-state index >= 15 is 0 Å². The van der Waals surface area contributed by atoms with E-state index in [1.54, 1.807) is 18.2 Å². The Kier molecular flexibility index (Phi) is 6.73. The molecule has 1 N–H and O–H groups in total. The molecule has 0 unspecified atom stereocenters. The highest BCUT2D eigenvalue weighted by molar-refractivity contribution is 7.92. The molecule has 1 amide bonds. The minimum absolute atomic E-state index is 0.0622. The van der Waals surface area contributed by atoms with Gasteiger partial charge in [-0.2, -0.15) is 10.4 Å². The van der Waals surface area contributed by atoms with Gasteiger partial charge in [0.2, 0.25) is 5.91 Å². The number of rotatable bonds is 8. The number of carbonyl (C=O) groups is 1. The fourth-order valence-corrected chi connectivity index (χ4v) is 7.11. The summed E-state index contributed by atoms with van der Waals surface area (Å²) in [5.74, 6) is 0.344. The van der Waals surface area contributed by atoms with Crippen molar-refractivity contribution in [3.8, 4) is 6.07 Å². The van der Waals surface area contributed by atoms with Crippen molar-refractivity contribution in [2.75, 3.05) is 11.4 Å². The number of nitriles is 1. The van der Waals surface area contributed by atoms with E-state index in [0.29, 0.717) is 25.2 Å². The minimum Gasteiger partial charge on any atom is -0.343 e. The van der Waals surface area contributed by atoms with Crippen molar-refractivity contribution in [1.29, 1.82) is 5.26 Å². The van der Waals surface area contributed by atoms with E-state index in [2.05, 4.69) is 16.5 Å². The summed E-state index contributed by atoms with van der Waals surface area (Å²) in [6.07, 6.45) is 2.01. The van der Waals surface area contributed by atoms with Crippen LogP contribution in [-0.4, -0.2) is 47.5 Å². The number of benzene rings is 2. The van der Waals surface area contributed by atoms with Gasteiger partial charge >= 0.3 is 0 Å². The summed E-state index contributed by atoms with van der Waals surface area (Å²) in [4.78, 5) is 15.4. The van der Waals surface area contributed by atoms with Crippen LogP contribution in [0.3, 0.4) is 0 Å². The zero-order valence-corrected chi connectivity index (χ0v) is 22.0. The first-order chi connectivity index (χ1) is 17.7. The average molecular weight is 538 g/mol. The Morgan fingerprint density at radius 3 is 2.57 bits per heavy atom. The van der Waals surface area contributed by atoms with Gasteiger partial charge in [-0.25, -0.2) is 13.1 Å². The van der Waals surface area contributed by atoms with E-state index in [0.717, 1.165) is 17.7 Å². The van der Waals surface area contributed by atoms with Gasteiger partial charge in [0.05, 0.1) is 26.9 Å². The van der Waals surface area contributed by atoms with Crippen molar-refractivity contribution in [3.05, 3.63) is 76.9 Å². The molecule has 37 heavy (non-hydrogen) atoms. The molecule has 1 saturated heterocycles. The van der Waals surface area contributed by atoms with Gasteiger partial charge in [0.25, 0.3) is 0 Å². The third-order valence-electron chi connectivity index (χ3n) is 7.10.